The van der Waals surface area contributed by atoms with Crippen LogP contribution in [0.15, 0.2) is 48.5 Å². The Morgan fingerprint density at radius 2 is 1.66 bits per heavy atom. The number of hydrogen-bond donors (Lipinski definition) is 2. The second-order valence-electron chi connectivity index (χ2n) is 7.78. The van der Waals surface area contributed by atoms with Crippen molar-refractivity contribution in [2.45, 2.75) is 12.8 Å². The van der Waals surface area contributed by atoms with Crippen LogP contribution in [0, 0.1) is 11.8 Å². The fourth-order valence-corrected chi connectivity index (χ4v) is 4.31. The van der Waals surface area contributed by atoms with Crippen molar-refractivity contribution in [3.63, 3.8) is 0 Å². The minimum atomic E-state index is -0.246. The van der Waals surface area contributed by atoms with Crippen molar-refractivity contribution in [1.29, 1.82) is 0 Å². The zero-order valence-corrected chi connectivity index (χ0v) is 16.7. The molecule has 152 valence electrons. The number of nitrogens with zero attached hydrogens (tertiary/aromatic N) is 1. The fraction of sp³-hybridized carbons (Fsp3) is 0.391. The molecule has 2 atom stereocenters. The second kappa shape index (κ2) is 8.66. The molecule has 2 fully saturated rings. The zero-order valence-electron chi connectivity index (χ0n) is 16.7. The first-order valence-corrected chi connectivity index (χ1v) is 10.2. The highest BCUT2D eigenvalue weighted by Crippen LogP contribution is 2.28. The summed E-state index contributed by atoms with van der Waals surface area (Å²) in [5.41, 5.74) is 1.60. The first-order valence-electron chi connectivity index (χ1n) is 10.2. The quantitative estimate of drug-likeness (QED) is 0.838. The molecule has 0 spiro atoms. The minimum Gasteiger partial charge on any atom is -0.497 e. The van der Waals surface area contributed by atoms with Crippen LogP contribution in [0.25, 0.3) is 0 Å². The lowest BCUT2D eigenvalue weighted by Gasteiger charge is -2.22. The van der Waals surface area contributed by atoms with Crippen LogP contribution in [-0.4, -0.2) is 50.0 Å². The summed E-state index contributed by atoms with van der Waals surface area (Å²) in [4.78, 5) is 27.8. The highest BCUT2D eigenvalue weighted by molar-refractivity contribution is 6.09. The van der Waals surface area contributed by atoms with Crippen molar-refractivity contribution in [3.05, 3.63) is 59.7 Å². The number of hydrogen-bond acceptors (Lipinski definition) is 4. The molecule has 0 aliphatic carbocycles. The van der Waals surface area contributed by atoms with E-state index in [1.165, 1.54) is 0 Å². The Bertz CT molecular complexity index is 867. The highest BCUT2D eigenvalue weighted by Gasteiger charge is 2.32. The molecule has 6 nitrogen and oxygen atoms in total. The van der Waals surface area contributed by atoms with E-state index in [1.54, 1.807) is 43.5 Å². The summed E-state index contributed by atoms with van der Waals surface area (Å²) in [6, 6.07) is 14.2. The topological polar surface area (TPSA) is 70.7 Å². The molecule has 4 rings (SSSR count). The van der Waals surface area contributed by atoms with E-state index in [1.807, 2.05) is 17.0 Å². The number of ether oxygens (including phenoxy) is 1. The van der Waals surface area contributed by atoms with Crippen molar-refractivity contribution >= 4 is 17.5 Å². The maximum absolute atomic E-state index is 13.2. The van der Waals surface area contributed by atoms with E-state index in [9.17, 15) is 9.59 Å². The van der Waals surface area contributed by atoms with Gasteiger partial charge in [0.2, 0.25) is 0 Å². The first-order chi connectivity index (χ1) is 14.2. The molecule has 2 aliphatic heterocycles. The van der Waals surface area contributed by atoms with Gasteiger partial charge in [0.1, 0.15) is 5.75 Å². The van der Waals surface area contributed by atoms with Gasteiger partial charge in [-0.2, -0.15) is 0 Å². The van der Waals surface area contributed by atoms with E-state index in [0.717, 1.165) is 39.0 Å². The van der Waals surface area contributed by atoms with Gasteiger partial charge < -0.3 is 20.3 Å². The number of amides is 2. The standard InChI is InChI=1S/C23H27N3O3/c1-29-19-8-6-16(7-9-19)22(27)25-21-5-3-2-4-20(21)23(28)26-12-10-17-14-24-15-18(17)11-13-26/h2-9,17-18,24H,10-15H2,1H3,(H,25,27)/t17-,18+. The number of fused-ring (bicyclic) bond motifs is 1. The molecule has 6 heteroatoms. The zero-order chi connectivity index (χ0) is 20.2. The van der Waals surface area contributed by atoms with Gasteiger partial charge in [-0.05, 0) is 74.2 Å². The fourth-order valence-electron chi connectivity index (χ4n) is 4.31. The van der Waals surface area contributed by atoms with Gasteiger partial charge in [-0.25, -0.2) is 0 Å². The van der Waals surface area contributed by atoms with Crippen LogP contribution >= 0.6 is 0 Å². The Morgan fingerprint density at radius 3 is 2.31 bits per heavy atom. The molecule has 2 saturated heterocycles. The third-order valence-electron chi connectivity index (χ3n) is 6.06. The molecule has 0 bridgehead atoms. The van der Waals surface area contributed by atoms with Crippen LogP contribution in [0.5, 0.6) is 5.75 Å². The van der Waals surface area contributed by atoms with Crippen LogP contribution in [0.3, 0.4) is 0 Å². The molecule has 2 aliphatic rings. The normalized spacial score (nSPS) is 21.2. The Hall–Kier alpha value is -2.86. The maximum atomic E-state index is 13.2. The summed E-state index contributed by atoms with van der Waals surface area (Å²) in [5, 5.41) is 6.36. The van der Waals surface area contributed by atoms with Crippen LogP contribution in [-0.2, 0) is 0 Å². The van der Waals surface area contributed by atoms with E-state index >= 15 is 0 Å². The number of anilines is 1. The second-order valence-corrected chi connectivity index (χ2v) is 7.78. The molecular weight excluding hydrogens is 366 g/mol. The average molecular weight is 393 g/mol. The van der Waals surface area contributed by atoms with Crippen molar-refractivity contribution < 1.29 is 14.3 Å². The van der Waals surface area contributed by atoms with Gasteiger partial charge in [0.15, 0.2) is 0 Å². The number of carbonyl (C=O) groups is 2. The van der Waals surface area contributed by atoms with Gasteiger partial charge in [-0.3, -0.25) is 9.59 Å². The van der Waals surface area contributed by atoms with Crippen molar-refractivity contribution in [2.24, 2.45) is 11.8 Å². The Morgan fingerprint density at radius 1 is 1.00 bits per heavy atom. The Labute approximate surface area is 171 Å². The van der Waals surface area contributed by atoms with Crippen LogP contribution in [0.1, 0.15) is 33.6 Å². The van der Waals surface area contributed by atoms with Gasteiger partial charge in [0.05, 0.1) is 18.4 Å². The van der Waals surface area contributed by atoms with Gasteiger partial charge in [-0.1, -0.05) is 12.1 Å². The predicted octanol–water partition coefficient (Wildman–Crippen LogP) is 3.02. The predicted molar refractivity (Wildman–Crippen MR) is 112 cm³/mol. The van der Waals surface area contributed by atoms with E-state index in [4.69, 9.17) is 4.74 Å². The molecule has 2 aromatic carbocycles. The summed E-state index contributed by atoms with van der Waals surface area (Å²) in [5.74, 6) is 1.77. The largest absolute Gasteiger partial charge is 0.497 e. The average Bonchev–Trinajstić information content (AvgIpc) is 3.12. The van der Waals surface area contributed by atoms with Crippen molar-refractivity contribution in [2.75, 3.05) is 38.6 Å². The molecule has 0 aromatic heterocycles. The summed E-state index contributed by atoms with van der Waals surface area (Å²) in [7, 11) is 1.59. The maximum Gasteiger partial charge on any atom is 0.255 e. The van der Waals surface area contributed by atoms with E-state index < -0.39 is 0 Å². The van der Waals surface area contributed by atoms with Crippen LogP contribution in [0.2, 0.25) is 0 Å². The summed E-state index contributed by atoms with van der Waals surface area (Å²) in [6.07, 6.45) is 2.06. The molecular formula is C23H27N3O3. The summed E-state index contributed by atoms with van der Waals surface area (Å²) < 4.78 is 5.14. The number of methoxy groups -OCH3 is 1. The van der Waals surface area contributed by atoms with Gasteiger partial charge >= 0.3 is 0 Å². The Kier molecular flexibility index (Phi) is 5.81. The van der Waals surface area contributed by atoms with Gasteiger partial charge in [0, 0.05) is 18.7 Å². The number of para-hydroxylation sites is 1. The summed E-state index contributed by atoms with van der Waals surface area (Å²) >= 11 is 0. The van der Waals surface area contributed by atoms with Crippen molar-refractivity contribution in [3.8, 4) is 5.75 Å². The number of rotatable bonds is 4. The molecule has 2 N–H and O–H groups in total. The number of carbonyl (C=O) groups excluding carboxylic acids is 2. The van der Waals surface area contributed by atoms with Gasteiger partial charge in [0.25, 0.3) is 11.8 Å². The number of likely N-dealkylation sites (tertiary alicyclic amines) is 1. The monoisotopic (exact) mass is 393 g/mol. The molecule has 2 amide bonds. The molecule has 29 heavy (non-hydrogen) atoms. The van der Waals surface area contributed by atoms with E-state index in [0.29, 0.717) is 34.4 Å². The molecule has 2 heterocycles. The lowest BCUT2D eigenvalue weighted by molar-refractivity contribution is 0.0759. The summed E-state index contributed by atoms with van der Waals surface area (Å²) in [6.45, 7) is 3.65. The van der Waals surface area contributed by atoms with Crippen LogP contribution < -0.4 is 15.4 Å². The molecule has 0 saturated carbocycles. The van der Waals surface area contributed by atoms with Gasteiger partial charge in [-0.15, -0.1) is 0 Å². The smallest absolute Gasteiger partial charge is 0.255 e. The number of benzene rings is 2. The molecule has 0 radical (unpaired) electrons. The van der Waals surface area contributed by atoms with Crippen molar-refractivity contribution in [1.82, 2.24) is 10.2 Å². The highest BCUT2D eigenvalue weighted by atomic mass is 16.5. The lowest BCUT2D eigenvalue weighted by Crippen LogP contribution is -2.33. The van der Waals surface area contributed by atoms with E-state index in [2.05, 4.69) is 10.6 Å². The van der Waals surface area contributed by atoms with Crippen LogP contribution in [0.4, 0.5) is 5.69 Å². The van der Waals surface area contributed by atoms with E-state index in [-0.39, 0.29) is 11.8 Å². The SMILES string of the molecule is COc1ccc(C(=O)Nc2ccccc2C(=O)N2CC[C@@H]3CNC[C@@H]3CC2)cc1. The number of nitrogens with one attached hydrogen (secondary N) is 2. The first kappa shape index (κ1) is 19.5. The Balaban J connectivity index is 1.48. The lowest BCUT2D eigenvalue weighted by atomic mass is 9.92. The molecule has 2 aromatic rings. The molecule has 0 unspecified atom stereocenters. The third-order valence-corrected chi connectivity index (χ3v) is 6.06. The minimum absolute atomic E-state index is 0.0106. The third kappa shape index (κ3) is 4.27.